The highest BCUT2D eigenvalue weighted by Crippen LogP contribution is 2.28. The number of rotatable bonds is 4. The number of thiazole rings is 2. The van der Waals surface area contributed by atoms with Crippen LogP contribution in [0.15, 0.2) is 17.0 Å². The van der Waals surface area contributed by atoms with Crippen LogP contribution in [0.1, 0.15) is 41.5 Å². The van der Waals surface area contributed by atoms with Crippen molar-refractivity contribution in [1.29, 1.82) is 0 Å². The summed E-state index contributed by atoms with van der Waals surface area (Å²) >= 11 is 3.36. The Kier molecular flexibility index (Phi) is 3.68. The average Bonchev–Trinajstić information content (AvgIpc) is 2.88. The molecule has 3 nitrogen and oxygen atoms in total. The van der Waals surface area contributed by atoms with E-state index in [0.717, 1.165) is 15.7 Å². The smallest absolute Gasteiger partial charge is 0.117 e. The van der Waals surface area contributed by atoms with Gasteiger partial charge in [0.15, 0.2) is 0 Å². The third-order valence-electron chi connectivity index (χ3n) is 2.37. The molecule has 16 heavy (non-hydrogen) atoms. The molecule has 0 spiro atoms. The van der Waals surface area contributed by atoms with E-state index >= 15 is 0 Å². The van der Waals surface area contributed by atoms with E-state index in [9.17, 15) is 0 Å². The van der Waals surface area contributed by atoms with Crippen molar-refractivity contribution >= 4 is 22.7 Å². The Morgan fingerprint density at radius 1 is 1.25 bits per heavy atom. The quantitative estimate of drug-likeness (QED) is 0.910. The Balaban J connectivity index is 2.27. The predicted molar refractivity (Wildman–Crippen MR) is 69.2 cm³/mol. The van der Waals surface area contributed by atoms with Gasteiger partial charge in [0.2, 0.25) is 0 Å². The van der Waals surface area contributed by atoms with Crippen molar-refractivity contribution in [1.82, 2.24) is 15.3 Å². The molecule has 0 aromatic carbocycles. The molecule has 2 heterocycles. The summed E-state index contributed by atoms with van der Waals surface area (Å²) < 4.78 is 0. The second kappa shape index (κ2) is 5.03. The maximum absolute atomic E-state index is 4.66. The molecule has 1 unspecified atom stereocenters. The first-order chi connectivity index (χ1) is 7.72. The summed E-state index contributed by atoms with van der Waals surface area (Å²) in [5, 5.41) is 9.58. The summed E-state index contributed by atoms with van der Waals surface area (Å²) in [7, 11) is 1.95. The van der Waals surface area contributed by atoms with E-state index in [4.69, 9.17) is 0 Å². The lowest BCUT2D eigenvalue weighted by Gasteiger charge is -2.09. The molecular formula is C11H15N3S2. The van der Waals surface area contributed by atoms with Gasteiger partial charge in [0.25, 0.3) is 0 Å². The topological polar surface area (TPSA) is 37.8 Å². The van der Waals surface area contributed by atoms with Crippen molar-refractivity contribution in [3.63, 3.8) is 0 Å². The van der Waals surface area contributed by atoms with Crippen molar-refractivity contribution in [3.05, 3.63) is 32.7 Å². The number of nitrogens with zero attached hydrogens (tertiary/aromatic N) is 2. The largest absolute Gasteiger partial charge is 0.305 e. The highest BCUT2D eigenvalue weighted by Gasteiger charge is 2.18. The van der Waals surface area contributed by atoms with Crippen LogP contribution in [-0.2, 0) is 0 Å². The van der Waals surface area contributed by atoms with E-state index in [0.29, 0.717) is 5.92 Å². The van der Waals surface area contributed by atoms with Crippen LogP contribution in [0.3, 0.4) is 0 Å². The lowest BCUT2D eigenvalue weighted by atomic mass is 10.2. The molecule has 2 aromatic rings. The van der Waals surface area contributed by atoms with Crippen LogP contribution in [0.4, 0.5) is 0 Å². The van der Waals surface area contributed by atoms with E-state index in [1.165, 1.54) is 0 Å². The Morgan fingerprint density at radius 3 is 2.56 bits per heavy atom. The van der Waals surface area contributed by atoms with Gasteiger partial charge < -0.3 is 5.32 Å². The van der Waals surface area contributed by atoms with E-state index in [2.05, 4.69) is 34.5 Å². The molecule has 2 aromatic heterocycles. The van der Waals surface area contributed by atoms with Crippen molar-refractivity contribution < 1.29 is 0 Å². The molecule has 0 fully saturated rings. The number of hydrogen-bond acceptors (Lipinski definition) is 5. The lowest BCUT2D eigenvalue weighted by molar-refractivity contribution is 0.674. The first kappa shape index (κ1) is 11.7. The minimum atomic E-state index is 0.137. The summed E-state index contributed by atoms with van der Waals surface area (Å²) in [6.07, 6.45) is 1.83. The van der Waals surface area contributed by atoms with E-state index < -0.39 is 0 Å². The zero-order valence-electron chi connectivity index (χ0n) is 9.60. The molecule has 86 valence electrons. The second-order valence-electron chi connectivity index (χ2n) is 3.86. The Morgan fingerprint density at radius 2 is 2.06 bits per heavy atom. The van der Waals surface area contributed by atoms with Gasteiger partial charge in [0.05, 0.1) is 5.69 Å². The van der Waals surface area contributed by atoms with Crippen LogP contribution in [0.2, 0.25) is 0 Å². The van der Waals surface area contributed by atoms with Crippen molar-refractivity contribution in [2.45, 2.75) is 25.8 Å². The van der Waals surface area contributed by atoms with Gasteiger partial charge in [-0.2, -0.15) is 0 Å². The van der Waals surface area contributed by atoms with Gasteiger partial charge in [-0.1, -0.05) is 13.8 Å². The molecule has 0 aliphatic heterocycles. The molecule has 0 saturated heterocycles. The standard InChI is InChI=1S/C11H15N3S2/c1-7(2)8-6-16-11(14-8)9(12-3)10-13-4-5-15-10/h4-7,9,12H,1-3H3. The molecule has 2 rings (SSSR count). The van der Waals surface area contributed by atoms with Crippen molar-refractivity contribution in [2.24, 2.45) is 0 Å². The van der Waals surface area contributed by atoms with Crippen LogP contribution < -0.4 is 5.32 Å². The highest BCUT2D eigenvalue weighted by atomic mass is 32.1. The first-order valence-corrected chi connectivity index (χ1v) is 7.00. The Labute approximate surface area is 104 Å². The van der Waals surface area contributed by atoms with Crippen LogP contribution >= 0.6 is 22.7 Å². The van der Waals surface area contributed by atoms with Crippen LogP contribution in [0.5, 0.6) is 0 Å². The summed E-state index contributed by atoms with van der Waals surface area (Å²) in [6, 6.07) is 0.137. The van der Waals surface area contributed by atoms with Gasteiger partial charge in [0, 0.05) is 17.0 Å². The van der Waals surface area contributed by atoms with Crippen molar-refractivity contribution in [2.75, 3.05) is 7.05 Å². The SMILES string of the molecule is CNC(c1nccs1)c1nc(C(C)C)cs1. The minimum absolute atomic E-state index is 0.137. The third-order valence-corrected chi connectivity index (χ3v) is 4.13. The van der Waals surface area contributed by atoms with Gasteiger partial charge in [0.1, 0.15) is 16.1 Å². The van der Waals surface area contributed by atoms with Gasteiger partial charge in [-0.3, -0.25) is 0 Å². The Bertz CT molecular complexity index is 434. The average molecular weight is 253 g/mol. The van der Waals surface area contributed by atoms with Crippen LogP contribution in [0, 0.1) is 0 Å². The Hall–Kier alpha value is -0.780. The van der Waals surface area contributed by atoms with Crippen LogP contribution in [0.25, 0.3) is 0 Å². The van der Waals surface area contributed by atoms with E-state index in [1.54, 1.807) is 22.7 Å². The van der Waals surface area contributed by atoms with Crippen LogP contribution in [-0.4, -0.2) is 17.0 Å². The first-order valence-electron chi connectivity index (χ1n) is 5.24. The second-order valence-corrected chi connectivity index (χ2v) is 5.67. The van der Waals surface area contributed by atoms with Gasteiger partial charge in [-0.15, -0.1) is 22.7 Å². The summed E-state index contributed by atoms with van der Waals surface area (Å²) in [5.74, 6) is 0.485. The van der Waals surface area contributed by atoms with Gasteiger partial charge in [-0.25, -0.2) is 9.97 Å². The zero-order valence-corrected chi connectivity index (χ0v) is 11.2. The third kappa shape index (κ3) is 2.31. The fraction of sp³-hybridized carbons (Fsp3) is 0.455. The lowest BCUT2D eigenvalue weighted by Crippen LogP contribution is -2.17. The fourth-order valence-electron chi connectivity index (χ4n) is 1.43. The molecule has 0 radical (unpaired) electrons. The summed E-state index contributed by atoms with van der Waals surface area (Å²) in [6.45, 7) is 4.33. The molecule has 1 atom stereocenters. The molecular weight excluding hydrogens is 238 g/mol. The minimum Gasteiger partial charge on any atom is -0.305 e. The van der Waals surface area contributed by atoms with E-state index in [-0.39, 0.29) is 6.04 Å². The molecule has 0 aliphatic carbocycles. The molecule has 0 aliphatic rings. The van der Waals surface area contributed by atoms with Gasteiger partial charge >= 0.3 is 0 Å². The molecule has 1 N–H and O–H groups in total. The van der Waals surface area contributed by atoms with Gasteiger partial charge in [-0.05, 0) is 13.0 Å². The summed E-state index contributed by atoms with van der Waals surface area (Å²) in [4.78, 5) is 9.00. The number of nitrogens with one attached hydrogen (secondary N) is 1. The highest BCUT2D eigenvalue weighted by molar-refractivity contribution is 7.11. The monoisotopic (exact) mass is 253 g/mol. The number of hydrogen-bond donors (Lipinski definition) is 1. The zero-order chi connectivity index (χ0) is 11.5. The number of aromatic nitrogens is 2. The van der Waals surface area contributed by atoms with E-state index in [1.807, 2.05) is 18.6 Å². The molecule has 0 bridgehead atoms. The molecule has 0 amide bonds. The maximum Gasteiger partial charge on any atom is 0.117 e. The normalized spacial score (nSPS) is 13.2. The summed E-state index contributed by atoms with van der Waals surface area (Å²) in [5.41, 5.74) is 1.16. The van der Waals surface area contributed by atoms with Crippen molar-refractivity contribution in [3.8, 4) is 0 Å². The predicted octanol–water partition coefficient (Wildman–Crippen LogP) is 3.03. The molecule has 5 heteroatoms. The maximum atomic E-state index is 4.66. The fourth-order valence-corrected chi connectivity index (χ4v) is 3.34. The molecule has 0 saturated carbocycles.